The number of hydrogen-bond acceptors (Lipinski definition) is 3. The minimum Gasteiger partial charge on any atom is -0.365 e. The highest BCUT2D eigenvalue weighted by molar-refractivity contribution is 7.98. The fourth-order valence-electron chi connectivity index (χ4n) is 3.76. The molecule has 110 valence electrons. The zero-order chi connectivity index (χ0) is 14.1. The maximum Gasteiger partial charge on any atom is 0.0507 e. The van der Waals surface area contributed by atoms with Gasteiger partial charge in [0, 0.05) is 30.1 Å². The second kappa shape index (κ2) is 5.98. The molecule has 2 aliphatic rings. The SMILES string of the molecule is CSc1ccccc1N1CC2CCCN2CC1C(C)C. The highest BCUT2D eigenvalue weighted by atomic mass is 32.2. The minimum absolute atomic E-state index is 0.651. The third-order valence-corrected chi connectivity index (χ3v) is 5.68. The van der Waals surface area contributed by atoms with Gasteiger partial charge in [0.25, 0.3) is 0 Å². The van der Waals surface area contributed by atoms with E-state index in [0.717, 1.165) is 6.04 Å². The average Bonchev–Trinajstić information content (AvgIpc) is 2.93. The summed E-state index contributed by atoms with van der Waals surface area (Å²) >= 11 is 1.87. The number of thioether (sulfide) groups is 1. The third-order valence-electron chi connectivity index (χ3n) is 4.89. The van der Waals surface area contributed by atoms with Crippen LogP contribution in [0.15, 0.2) is 29.2 Å². The van der Waals surface area contributed by atoms with Crippen LogP contribution in [-0.4, -0.2) is 42.9 Å². The van der Waals surface area contributed by atoms with Gasteiger partial charge < -0.3 is 4.90 Å². The van der Waals surface area contributed by atoms with E-state index in [1.54, 1.807) is 0 Å². The van der Waals surface area contributed by atoms with Gasteiger partial charge in [-0.25, -0.2) is 0 Å². The van der Waals surface area contributed by atoms with Crippen LogP contribution in [0, 0.1) is 5.92 Å². The number of nitrogens with zero attached hydrogens (tertiary/aromatic N) is 2. The van der Waals surface area contributed by atoms with Gasteiger partial charge in [-0.2, -0.15) is 0 Å². The second-order valence-corrected chi connectivity index (χ2v) is 7.27. The van der Waals surface area contributed by atoms with Gasteiger partial charge in [-0.05, 0) is 43.7 Å². The van der Waals surface area contributed by atoms with Crippen LogP contribution in [0.25, 0.3) is 0 Å². The van der Waals surface area contributed by atoms with E-state index in [0.29, 0.717) is 12.0 Å². The molecule has 0 aromatic heterocycles. The number of piperazine rings is 1. The molecular weight excluding hydrogens is 264 g/mol. The fraction of sp³-hybridized carbons (Fsp3) is 0.647. The molecule has 0 N–H and O–H groups in total. The Morgan fingerprint density at radius 2 is 2.00 bits per heavy atom. The van der Waals surface area contributed by atoms with Crippen LogP contribution in [0.4, 0.5) is 5.69 Å². The van der Waals surface area contributed by atoms with Gasteiger partial charge in [0.15, 0.2) is 0 Å². The summed E-state index contributed by atoms with van der Waals surface area (Å²) in [5, 5.41) is 0. The van der Waals surface area contributed by atoms with Crippen molar-refractivity contribution < 1.29 is 0 Å². The number of para-hydroxylation sites is 1. The van der Waals surface area contributed by atoms with Gasteiger partial charge in [-0.3, -0.25) is 4.90 Å². The standard InChI is InChI=1S/C17H26N2S/c1-13(2)16-12-18-10-6-7-14(18)11-19(16)15-8-4-5-9-17(15)20-3/h4-5,8-9,13-14,16H,6-7,10-12H2,1-3H3. The van der Waals surface area contributed by atoms with Crippen molar-refractivity contribution in [3.8, 4) is 0 Å². The molecule has 2 fully saturated rings. The molecule has 0 radical (unpaired) electrons. The van der Waals surface area contributed by atoms with Crippen molar-refractivity contribution >= 4 is 17.4 Å². The van der Waals surface area contributed by atoms with Gasteiger partial charge in [0.2, 0.25) is 0 Å². The Balaban J connectivity index is 1.92. The molecule has 2 heterocycles. The van der Waals surface area contributed by atoms with Crippen LogP contribution in [0.3, 0.4) is 0 Å². The van der Waals surface area contributed by atoms with Gasteiger partial charge in [0.05, 0.1) is 5.69 Å². The van der Waals surface area contributed by atoms with E-state index in [-0.39, 0.29) is 0 Å². The lowest BCUT2D eigenvalue weighted by Crippen LogP contribution is -2.58. The van der Waals surface area contributed by atoms with Crippen LogP contribution >= 0.6 is 11.8 Å². The Labute approximate surface area is 127 Å². The first-order chi connectivity index (χ1) is 9.70. The van der Waals surface area contributed by atoms with Crippen molar-refractivity contribution in [1.29, 1.82) is 0 Å². The van der Waals surface area contributed by atoms with Crippen molar-refractivity contribution in [3.05, 3.63) is 24.3 Å². The first-order valence-corrected chi connectivity index (χ1v) is 9.07. The summed E-state index contributed by atoms with van der Waals surface area (Å²) in [6.07, 6.45) is 4.95. The summed E-state index contributed by atoms with van der Waals surface area (Å²) in [6.45, 7) is 8.50. The van der Waals surface area contributed by atoms with Crippen molar-refractivity contribution in [2.24, 2.45) is 5.92 Å². The topological polar surface area (TPSA) is 6.48 Å². The lowest BCUT2D eigenvalue weighted by atomic mass is 9.96. The van der Waals surface area contributed by atoms with E-state index in [4.69, 9.17) is 0 Å². The molecule has 20 heavy (non-hydrogen) atoms. The average molecular weight is 290 g/mol. The Hall–Kier alpha value is -0.670. The monoisotopic (exact) mass is 290 g/mol. The Bertz CT molecular complexity index is 460. The quantitative estimate of drug-likeness (QED) is 0.784. The van der Waals surface area contributed by atoms with E-state index >= 15 is 0 Å². The summed E-state index contributed by atoms with van der Waals surface area (Å²) in [4.78, 5) is 6.84. The highest BCUT2D eigenvalue weighted by Crippen LogP contribution is 2.35. The van der Waals surface area contributed by atoms with Crippen molar-refractivity contribution in [2.75, 3.05) is 30.8 Å². The number of rotatable bonds is 3. The van der Waals surface area contributed by atoms with Crippen molar-refractivity contribution in [2.45, 2.75) is 43.7 Å². The lowest BCUT2D eigenvalue weighted by Gasteiger charge is -2.47. The molecule has 2 nitrogen and oxygen atoms in total. The van der Waals surface area contributed by atoms with E-state index in [9.17, 15) is 0 Å². The van der Waals surface area contributed by atoms with E-state index in [1.807, 2.05) is 11.8 Å². The number of hydrogen-bond donors (Lipinski definition) is 0. The molecule has 0 spiro atoms. The molecule has 0 aliphatic carbocycles. The molecule has 3 heteroatoms. The van der Waals surface area contributed by atoms with Gasteiger partial charge >= 0.3 is 0 Å². The summed E-state index contributed by atoms with van der Waals surface area (Å²) in [5.41, 5.74) is 1.45. The summed E-state index contributed by atoms with van der Waals surface area (Å²) in [6, 6.07) is 10.3. The predicted octanol–water partition coefficient (Wildman–Crippen LogP) is 3.72. The zero-order valence-electron chi connectivity index (χ0n) is 12.9. The zero-order valence-corrected chi connectivity index (χ0v) is 13.7. The fourth-order valence-corrected chi connectivity index (χ4v) is 4.37. The molecule has 0 saturated carbocycles. The van der Waals surface area contributed by atoms with E-state index < -0.39 is 0 Å². The molecule has 2 unspecified atom stereocenters. The van der Waals surface area contributed by atoms with E-state index in [1.165, 1.54) is 43.1 Å². The minimum atomic E-state index is 0.651. The maximum absolute atomic E-state index is 2.73. The maximum atomic E-state index is 2.73. The Morgan fingerprint density at radius 1 is 1.20 bits per heavy atom. The van der Waals surface area contributed by atoms with Crippen molar-refractivity contribution in [1.82, 2.24) is 4.90 Å². The largest absolute Gasteiger partial charge is 0.365 e. The van der Waals surface area contributed by atoms with E-state index in [2.05, 4.69) is 54.2 Å². The van der Waals surface area contributed by atoms with Crippen molar-refractivity contribution in [3.63, 3.8) is 0 Å². The molecule has 0 bridgehead atoms. The molecule has 1 aromatic rings. The van der Waals surface area contributed by atoms with Crippen LogP contribution in [0.5, 0.6) is 0 Å². The van der Waals surface area contributed by atoms with Crippen LogP contribution in [0.1, 0.15) is 26.7 Å². The molecule has 2 aliphatic heterocycles. The normalized spacial score (nSPS) is 27.1. The molecule has 1 aromatic carbocycles. The Kier molecular flexibility index (Phi) is 4.27. The van der Waals surface area contributed by atoms with Crippen LogP contribution in [-0.2, 0) is 0 Å². The number of anilines is 1. The molecule has 2 saturated heterocycles. The smallest absolute Gasteiger partial charge is 0.0507 e. The molecule has 3 rings (SSSR count). The first kappa shape index (κ1) is 14.3. The van der Waals surface area contributed by atoms with Gasteiger partial charge in [0.1, 0.15) is 0 Å². The molecule has 2 atom stereocenters. The van der Waals surface area contributed by atoms with Gasteiger partial charge in [-0.1, -0.05) is 26.0 Å². The van der Waals surface area contributed by atoms with Gasteiger partial charge in [-0.15, -0.1) is 11.8 Å². The predicted molar refractivity (Wildman–Crippen MR) is 88.8 cm³/mol. The lowest BCUT2D eigenvalue weighted by molar-refractivity contribution is 0.176. The van der Waals surface area contributed by atoms with Crippen LogP contribution in [0.2, 0.25) is 0 Å². The summed E-state index contributed by atoms with van der Waals surface area (Å²) in [7, 11) is 0. The van der Waals surface area contributed by atoms with Crippen LogP contribution < -0.4 is 4.90 Å². The molecular formula is C17H26N2S. The highest BCUT2D eigenvalue weighted by Gasteiger charge is 2.37. The first-order valence-electron chi connectivity index (χ1n) is 7.84. The summed E-state index contributed by atoms with van der Waals surface area (Å²) in [5.74, 6) is 0.700. The second-order valence-electron chi connectivity index (χ2n) is 6.43. The Morgan fingerprint density at radius 3 is 2.75 bits per heavy atom. The molecule has 0 amide bonds. The third kappa shape index (κ3) is 2.58. The number of benzene rings is 1. The summed E-state index contributed by atoms with van der Waals surface area (Å²) < 4.78 is 0. The number of fused-ring (bicyclic) bond motifs is 1.